The topological polar surface area (TPSA) is 28.2 Å². The van der Waals surface area contributed by atoms with Crippen molar-refractivity contribution in [3.63, 3.8) is 0 Å². The molecule has 0 bridgehead atoms. The average Bonchev–Trinajstić information content (AvgIpc) is 2.57. The summed E-state index contributed by atoms with van der Waals surface area (Å²) in [6.07, 6.45) is 2.50. The van der Waals surface area contributed by atoms with Gasteiger partial charge in [0.2, 0.25) is 0 Å². The maximum absolute atomic E-state index is 4.40. The van der Waals surface area contributed by atoms with Crippen LogP contribution in [0.4, 0.5) is 0 Å². The maximum atomic E-state index is 4.40. The Hall–Kier alpha value is -0.450. The van der Waals surface area contributed by atoms with Gasteiger partial charge >= 0.3 is 0 Å². The molecule has 0 spiro atoms. The number of aryl methyl sites for hydroxylation is 1. The molecule has 0 fully saturated rings. The summed E-state index contributed by atoms with van der Waals surface area (Å²) in [6, 6.07) is 0. The SMILES string of the molecule is Cc1nc(CNCCCCN(C)C)cs1. The maximum Gasteiger partial charge on any atom is 0.0897 e. The van der Waals surface area contributed by atoms with Gasteiger partial charge in [-0.15, -0.1) is 11.3 Å². The molecule has 1 rings (SSSR count). The minimum absolute atomic E-state index is 0.909. The van der Waals surface area contributed by atoms with Crippen LogP contribution in [0.2, 0.25) is 0 Å². The lowest BCUT2D eigenvalue weighted by molar-refractivity contribution is 0.391. The molecule has 86 valence electrons. The van der Waals surface area contributed by atoms with Crippen LogP contribution in [0.3, 0.4) is 0 Å². The third-order valence-electron chi connectivity index (χ3n) is 2.18. The molecular formula is C11H21N3S. The summed E-state index contributed by atoms with van der Waals surface area (Å²) < 4.78 is 0. The van der Waals surface area contributed by atoms with Crippen molar-refractivity contribution in [2.45, 2.75) is 26.3 Å². The molecule has 4 heteroatoms. The van der Waals surface area contributed by atoms with Crippen LogP contribution in [0.1, 0.15) is 23.5 Å². The fourth-order valence-electron chi connectivity index (χ4n) is 1.38. The molecule has 0 aromatic carbocycles. The Morgan fingerprint density at radius 1 is 1.40 bits per heavy atom. The number of thiazole rings is 1. The fraction of sp³-hybridized carbons (Fsp3) is 0.727. The van der Waals surface area contributed by atoms with Gasteiger partial charge in [-0.1, -0.05) is 0 Å². The first-order valence-electron chi connectivity index (χ1n) is 5.45. The van der Waals surface area contributed by atoms with Crippen LogP contribution >= 0.6 is 11.3 Å². The van der Waals surface area contributed by atoms with Gasteiger partial charge in [-0.05, 0) is 47.0 Å². The van der Waals surface area contributed by atoms with E-state index in [1.807, 2.05) is 6.92 Å². The Kier molecular flexibility index (Phi) is 5.83. The molecule has 0 aliphatic heterocycles. The lowest BCUT2D eigenvalue weighted by Crippen LogP contribution is -2.18. The van der Waals surface area contributed by atoms with E-state index in [1.54, 1.807) is 11.3 Å². The molecule has 3 nitrogen and oxygen atoms in total. The molecule has 1 aromatic heterocycles. The van der Waals surface area contributed by atoms with Crippen LogP contribution in [-0.4, -0.2) is 37.1 Å². The average molecular weight is 227 g/mol. The summed E-state index contributed by atoms with van der Waals surface area (Å²) in [4.78, 5) is 6.63. The second kappa shape index (κ2) is 6.93. The number of aromatic nitrogens is 1. The van der Waals surface area contributed by atoms with Crippen molar-refractivity contribution in [1.29, 1.82) is 0 Å². The van der Waals surface area contributed by atoms with Crippen molar-refractivity contribution in [3.05, 3.63) is 16.1 Å². The van der Waals surface area contributed by atoms with Crippen molar-refractivity contribution in [2.24, 2.45) is 0 Å². The van der Waals surface area contributed by atoms with E-state index < -0.39 is 0 Å². The van der Waals surface area contributed by atoms with Crippen LogP contribution in [-0.2, 0) is 6.54 Å². The van der Waals surface area contributed by atoms with E-state index >= 15 is 0 Å². The molecule has 0 amide bonds. The Balaban J connectivity index is 1.98. The first kappa shape index (κ1) is 12.6. The van der Waals surface area contributed by atoms with E-state index in [9.17, 15) is 0 Å². The molecule has 0 atom stereocenters. The van der Waals surface area contributed by atoms with Crippen molar-refractivity contribution in [2.75, 3.05) is 27.2 Å². The van der Waals surface area contributed by atoms with E-state index in [-0.39, 0.29) is 0 Å². The van der Waals surface area contributed by atoms with Gasteiger partial charge in [0.1, 0.15) is 0 Å². The minimum Gasteiger partial charge on any atom is -0.311 e. The summed E-state index contributed by atoms with van der Waals surface area (Å²) in [5.74, 6) is 0. The van der Waals surface area contributed by atoms with E-state index in [4.69, 9.17) is 0 Å². The predicted molar refractivity (Wildman–Crippen MR) is 66.3 cm³/mol. The molecule has 0 aliphatic rings. The van der Waals surface area contributed by atoms with Crippen LogP contribution in [0.15, 0.2) is 5.38 Å². The van der Waals surface area contributed by atoms with Gasteiger partial charge in [0.15, 0.2) is 0 Å². The van der Waals surface area contributed by atoms with Gasteiger partial charge < -0.3 is 10.2 Å². The monoisotopic (exact) mass is 227 g/mol. The second-order valence-corrected chi connectivity index (χ2v) is 5.11. The standard InChI is InChI=1S/C11H21N3S/c1-10-13-11(9-15-10)8-12-6-4-5-7-14(2)3/h9,12H,4-8H2,1-3H3. The highest BCUT2D eigenvalue weighted by molar-refractivity contribution is 7.09. The Labute approximate surface area is 96.5 Å². The Bertz CT molecular complexity index is 271. The van der Waals surface area contributed by atoms with E-state index in [2.05, 4.69) is 34.7 Å². The largest absolute Gasteiger partial charge is 0.311 e. The quantitative estimate of drug-likeness (QED) is 0.721. The molecule has 0 saturated carbocycles. The van der Waals surface area contributed by atoms with Gasteiger partial charge in [-0.2, -0.15) is 0 Å². The molecular weight excluding hydrogens is 206 g/mol. The lowest BCUT2D eigenvalue weighted by Gasteiger charge is -2.08. The van der Waals surface area contributed by atoms with Crippen molar-refractivity contribution < 1.29 is 0 Å². The van der Waals surface area contributed by atoms with Gasteiger partial charge in [0.25, 0.3) is 0 Å². The molecule has 0 saturated heterocycles. The summed E-state index contributed by atoms with van der Waals surface area (Å²) >= 11 is 1.72. The van der Waals surface area contributed by atoms with Crippen molar-refractivity contribution in [3.8, 4) is 0 Å². The highest BCUT2D eigenvalue weighted by Gasteiger charge is 1.97. The van der Waals surface area contributed by atoms with Gasteiger partial charge in [0, 0.05) is 11.9 Å². The van der Waals surface area contributed by atoms with Gasteiger partial charge in [0.05, 0.1) is 10.7 Å². The number of nitrogens with zero attached hydrogens (tertiary/aromatic N) is 2. The fourth-order valence-corrected chi connectivity index (χ4v) is 2.00. The van der Waals surface area contributed by atoms with E-state index in [0.29, 0.717) is 0 Å². The first-order chi connectivity index (χ1) is 7.18. The van der Waals surface area contributed by atoms with Crippen LogP contribution in [0, 0.1) is 6.92 Å². The number of rotatable bonds is 7. The third kappa shape index (κ3) is 5.87. The van der Waals surface area contributed by atoms with Crippen LogP contribution in [0.5, 0.6) is 0 Å². The second-order valence-electron chi connectivity index (χ2n) is 4.05. The van der Waals surface area contributed by atoms with Crippen LogP contribution < -0.4 is 5.32 Å². The minimum atomic E-state index is 0.909. The summed E-state index contributed by atoms with van der Waals surface area (Å²) in [5, 5.41) is 6.69. The zero-order valence-corrected chi connectivity index (χ0v) is 10.7. The van der Waals surface area contributed by atoms with E-state index in [0.717, 1.165) is 18.1 Å². The number of hydrogen-bond acceptors (Lipinski definition) is 4. The third-order valence-corrected chi connectivity index (χ3v) is 3.00. The molecule has 0 aliphatic carbocycles. The summed E-state index contributed by atoms with van der Waals surface area (Å²) in [7, 11) is 4.23. The Morgan fingerprint density at radius 3 is 2.80 bits per heavy atom. The number of unbranched alkanes of at least 4 members (excludes halogenated alkanes) is 1. The van der Waals surface area contributed by atoms with Gasteiger partial charge in [-0.25, -0.2) is 4.98 Å². The number of hydrogen-bond donors (Lipinski definition) is 1. The Morgan fingerprint density at radius 2 is 2.20 bits per heavy atom. The van der Waals surface area contributed by atoms with Gasteiger partial charge in [-0.3, -0.25) is 0 Å². The normalized spacial score (nSPS) is 11.2. The highest BCUT2D eigenvalue weighted by Crippen LogP contribution is 2.07. The first-order valence-corrected chi connectivity index (χ1v) is 6.33. The zero-order valence-electron chi connectivity index (χ0n) is 9.92. The molecule has 0 unspecified atom stereocenters. The predicted octanol–water partition coefficient (Wildman–Crippen LogP) is 1.88. The van der Waals surface area contributed by atoms with Crippen molar-refractivity contribution in [1.82, 2.24) is 15.2 Å². The lowest BCUT2D eigenvalue weighted by atomic mass is 10.3. The molecule has 1 N–H and O–H groups in total. The molecule has 1 aromatic rings. The molecule has 15 heavy (non-hydrogen) atoms. The number of nitrogens with one attached hydrogen (secondary N) is 1. The van der Waals surface area contributed by atoms with Crippen LogP contribution in [0.25, 0.3) is 0 Å². The summed E-state index contributed by atoms with van der Waals surface area (Å²) in [5.41, 5.74) is 1.17. The summed E-state index contributed by atoms with van der Waals surface area (Å²) in [6.45, 7) is 5.22. The van der Waals surface area contributed by atoms with Crippen molar-refractivity contribution >= 4 is 11.3 Å². The molecule has 1 heterocycles. The molecule has 0 radical (unpaired) electrons. The zero-order chi connectivity index (χ0) is 11.1. The highest BCUT2D eigenvalue weighted by atomic mass is 32.1. The smallest absolute Gasteiger partial charge is 0.0897 e. The van der Waals surface area contributed by atoms with E-state index in [1.165, 1.54) is 25.1 Å².